The largest absolute Gasteiger partial charge is 0.507 e. The van der Waals surface area contributed by atoms with Crippen molar-refractivity contribution < 1.29 is 29.3 Å². The van der Waals surface area contributed by atoms with E-state index in [1.807, 2.05) is 0 Å². The molecule has 1 aliphatic carbocycles. The number of ether oxygens (including phenoxy) is 1. The first kappa shape index (κ1) is 20.1. The van der Waals surface area contributed by atoms with E-state index in [9.17, 15) is 24.6 Å². The topological polar surface area (TPSA) is 113 Å². The first-order valence-electron chi connectivity index (χ1n) is 8.91. The number of anilines is 1. The molecule has 0 radical (unpaired) electrons. The van der Waals surface area contributed by atoms with E-state index in [4.69, 9.17) is 4.74 Å². The van der Waals surface area contributed by atoms with Gasteiger partial charge in [0.2, 0.25) is 0 Å². The van der Waals surface area contributed by atoms with E-state index in [-0.39, 0.29) is 45.9 Å². The van der Waals surface area contributed by atoms with Crippen molar-refractivity contribution in [1.82, 2.24) is 0 Å². The molecule has 1 aliphatic rings. The van der Waals surface area contributed by atoms with Gasteiger partial charge < -0.3 is 20.3 Å². The van der Waals surface area contributed by atoms with Gasteiger partial charge in [0, 0.05) is 16.8 Å². The molecular weight excluding hydrogens is 374 g/mol. The van der Waals surface area contributed by atoms with Crippen LogP contribution in [0.5, 0.6) is 11.5 Å². The first-order valence-corrected chi connectivity index (χ1v) is 8.91. The van der Waals surface area contributed by atoms with Crippen molar-refractivity contribution in [3.8, 4) is 11.5 Å². The van der Waals surface area contributed by atoms with Crippen molar-refractivity contribution in [3.63, 3.8) is 0 Å². The molecular formula is C22H21NO6. The van der Waals surface area contributed by atoms with E-state index in [0.29, 0.717) is 5.69 Å². The van der Waals surface area contributed by atoms with Gasteiger partial charge in [0.1, 0.15) is 18.1 Å². The van der Waals surface area contributed by atoms with Crippen molar-refractivity contribution in [3.05, 3.63) is 64.7 Å². The molecule has 0 aromatic heterocycles. The van der Waals surface area contributed by atoms with Gasteiger partial charge in [-0.05, 0) is 39.0 Å². The predicted molar refractivity (Wildman–Crippen MR) is 107 cm³/mol. The lowest BCUT2D eigenvalue weighted by Crippen LogP contribution is -2.38. The lowest BCUT2D eigenvalue weighted by atomic mass is 9.82. The number of rotatable bonds is 5. The average molecular weight is 395 g/mol. The highest BCUT2D eigenvalue weighted by Gasteiger charge is 2.36. The van der Waals surface area contributed by atoms with E-state index >= 15 is 0 Å². The number of phenols is 2. The molecule has 0 atom stereocenters. The van der Waals surface area contributed by atoms with E-state index in [0.717, 1.165) is 0 Å². The van der Waals surface area contributed by atoms with Gasteiger partial charge in [-0.2, -0.15) is 0 Å². The molecule has 7 heteroatoms. The first-order chi connectivity index (χ1) is 13.5. The summed E-state index contributed by atoms with van der Waals surface area (Å²) < 4.78 is 5.20. The molecule has 3 N–H and O–H groups in total. The van der Waals surface area contributed by atoms with Gasteiger partial charge >= 0.3 is 5.97 Å². The standard InChI is InChI=1S/C22H21NO6/c1-11(2)21(28)29-10-22(3,4)23-13-7-5-6-12-16(13)20(27)18-15(25)9-8-14(24)17(18)19(12)26/h5-9,23-25H,1,10H2,2-4H3. The number of benzene rings is 2. The normalized spacial score (nSPS) is 12.8. The van der Waals surface area contributed by atoms with Crippen LogP contribution in [0, 0.1) is 0 Å². The summed E-state index contributed by atoms with van der Waals surface area (Å²) >= 11 is 0. The molecule has 0 saturated heterocycles. The number of carbonyl (C=O) groups is 3. The van der Waals surface area contributed by atoms with E-state index in [1.165, 1.54) is 18.2 Å². The van der Waals surface area contributed by atoms with Crippen molar-refractivity contribution in [2.24, 2.45) is 0 Å². The maximum Gasteiger partial charge on any atom is 0.333 e. The quantitative estimate of drug-likeness (QED) is 0.345. The van der Waals surface area contributed by atoms with Gasteiger partial charge in [0.25, 0.3) is 0 Å². The molecule has 150 valence electrons. The number of aromatic hydroxyl groups is 2. The lowest BCUT2D eigenvalue weighted by Gasteiger charge is -2.30. The van der Waals surface area contributed by atoms with Crippen LogP contribution in [0.25, 0.3) is 0 Å². The molecule has 29 heavy (non-hydrogen) atoms. The number of nitrogens with one attached hydrogen (secondary N) is 1. The zero-order chi connectivity index (χ0) is 21.5. The Morgan fingerprint density at radius 1 is 1.03 bits per heavy atom. The molecule has 0 heterocycles. The fourth-order valence-corrected chi connectivity index (χ4v) is 3.16. The minimum atomic E-state index is -0.773. The molecule has 0 bridgehead atoms. The SMILES string of the molecule is C=C(C)C(=O)OCC(C)(C)Nc1cccc2c1C(=O)c1c(O)ccc(O)c1C2=O. The highest BCUT2D eigenvalue weighted by atomic mass is 16.5. The number of hydrogen-bond donors (Lipinski definition) is 3. The summed E-state index contributed by atoms with van der Waals surface area (Å²) in [6, 6.07) is 7.05. The summed E-state index contributed by atoms with van der Waals surface area (Å²) in [5.74, 6) is -2.42. The summed E-state index contributed by atoms with van der Waals surface area (Å²) in [6.07, 6.45) is 0. The number of esters is 1. The molecule has 0 saturated carbocycles. The second-order valence-electron chi connectivity index (χ2n) is 7.61. The van der Waals surface area contributed by atoms with E-state index in [1.54, 1.807) is 32.9 Å². The summed E-state index contributed by atoms with van der Waals surface area (Å²) in [4.78, 5) is 37.7. The number of phenolic OH excluding ortho intramolecular Hbond substituents is 2. The van der Waals surface area contributed by atoms with Gasteiger partial charge in [0.05, 0.1) is 22.2 Å². The van der Waals surface area contributed by atoms with Crippen LogP contribution < -0.4 is 5.32 Å². The van der Waals surface area contributed by atoms with Crippen LogP contribution in [0.15, 0.2) is 42.5 Å². The molecule has 2 aromatic rings. The smallest absolute Gasteiger partial charge is 0.333 e. The average Bonchev–Trinajstić information content (AvgIpc) is 2.65. The minimum Gasteiger partial charge on any atom is -0.507 e. The highest BCUT2D eigenvalue weighted by Crippen LogP contribution is 2.40. The maximum absolute atomic E-state index is 13.1. The van der Waals surface area contributed by atoms with E-state index < -0.39 is 23.1 Å². The summed E-state index contributed by atoms with van der Waals surface area (Å²) in [5, 5.41) is 23.3. The molecule has 0 aliphatic heterocycles. The van der Waals surface area contributed by atoms with Crippen molar-refractivity contribution in [2.75, 3.05) is 11.9 Å². The van der Waals surface area contributed by atoms with Crippen molar-refractivity contribution in [1.29, 1.82) is 0 Å². The fraction of sp³-hybridized carbons (Fsp3) is 0.227. The van der Waals surface area contributed by atoms with Crippen LogP contribution in [0.4, 0.5) is 5.69 Å². The second kappa shape index (κ2) is 7.09. The maximum atomic E-state index is 13.1. The summed E-state index contributed by atoms with van der Waals surface area (Å²) in [7, 11) is 0. The Morgan fingerprint density at radius 2 is 1.62 bits per heavy atom. The third-order valence-electron chi connectivity index (χ3n) is 4.54. The van der Waals surface area contributed by atoms with Crippen LogP contribution >= 0.6 is 0 Å². The third-order valence-corrected chi connectivity index (χ3v) is 4.54. The lowest BCUT2D eigenvalue weighted by molar-refractivity contribution is -0.140. The molecule has 7 nitrogen and oxygen atoms in total. The van der Waals surface area contributed by atoms with Crippen LogP contribution in [0.2, 0.25) is 0 Å². The molecule has 0 spiro atoms. The van der Waals surface area contributed by atoms with Gasteiger partial charge in [-0.15, -0.1) is 0 Å². The zero-order valence-corrected chi connectivity index (χ0v) is 16.3. The van der Waals surface area contributed by atoms with Gasteiger partial charge in [-0.25, -0.2) is 4.79 Å². The van der Waals surface area contributed by atoms with Crippen LogP contribution in [0.3, 0.4) is 0 Å². The van der Waals surface area contributed by atoms with E-state index in [2.05, 4.69) is 11.9 Å². The molecule has 2 aromatic carbocycles. The van der Waals surface area contributed by atoms with Crippen LogP contribution in [-0.4, -0.2) is 39.9 Å². The van der Waals surface area contributed by atoms with Crippen molar-refractivity contribution in [2.45, 2.75) is 26.3 Å². The highest BCUT2D eigenvalue weighted by molar-refractivity contribution is 6.31. The van der Waals surface area contributed by atoms with Gasteiger partial charge in [0.15, 0.2) is 11.6 Å². The third kappa shape index (κ3) is 3.59. The predicted octanol–water partition coefficient (Wildman–Crippen LogP) is 3.18. The minimum absolute atomic E-state index is 0.00682. The Labute approximate surface area is 167 Å². The fourth-order valence-electron chi connectivity index (χ4n) is 3.16. The van der Waals surface area contributed by atoms with Gasteiger partial charge in [-0.3, -0.25) is 9.59 Å². The molecule has 3 rings (SSSR count). The molecule has 0 fully saturated rings. The number of carbonyl (C=O) groups excluding carboxylic acids is 3. The van der Waals surface area contributed by atoms with Gasteiger partial charge in [-0.1, -0.05) is 18.7 Å². The van der Waals surface area contributed by atoms with Crippen molar-refractivity contribution >= 4 is 23.2 Å². The Morgan fingerprint density at radius 3 is 2.21 bits per heavy atom. The Kier molecular flexibility index (Phi) is 4.92. The van der Waals surface area contributed by atoms with Crippen LogP contribution in [0.1, 0.15) is 52.6 Å². The number of hydrogen-bond acceptors (Lipinski definition) is 7. The Bertz CT molecular complexity index is 1070. The Hall–Kier alpha value is -3.61. The zero-order valence-electron chi connectivity index (χ0n) is 16.3. The summed E-state index contributed by atoms with van der Waals surface area (Å²) in [5.41, 5.74) is -0.396. The monoisotopic (exact) mass is 395 g/mol. The number of ketones is 2. The second-order valence-corrected chi connectivity index (χ2v) is 7.61. The summed E-state index contributed by atoms with van der Waals surface area (Å²) in [6.45, 7) is 8.60. The molecule has 0 amide bonds. The Balaban J connectivity index is 2.00. The van der Waals surface area contributed by atoms with Crippen LogP contribution in [-0.2, 0) is 9.53 Å². The number of fused-ring (bicyclic) bond motifs is 2. The molecule has 0 unspecified atom stereocenters.